The summed E-state index contributed by atoms with van der Waals surface area (Å²) in [7, 11) is 1.35. The number of ether oxygens (including phenoxy) is 1. The van der Waals surface area contributed by atoms with Crippen LogP contribution in [0.25, 0.3) is 0 Å². The number of rotatable bonds is 4. The lowest BCUT2D eigenvalue weighted by Gasteiger charge is -2.28. The lowest BCUT2D eigenvalue weighted by molar-refractivity contribution is 0.0599. The Morgan fingerprint density at radius 2 is 2.00 bits per heavy atom. The first-order valence-electron chi connectivity index (χ1n) is 8.50. The van der Waals surface area contributed by atoms with Crippen molar-refractivity contribution < 1.29 is 14.3 Å². The van der Waals surface area contributed by atoms with Gasteiger partial charge in [0.15, 0.2) is 0 Å². The smallest absolute Gasteiger partial charge is 0.339 e. The van der Waals surface area contributed by atoms with Crippen molar-refractivity contribution in [2.24, 2.45) is 17.8 Å². The third-order valence-electron chi connectivity index (χ3n) is 5.85. The molecular weight excluding hydrogens is 292 g/mol. The monoisotopic (exact) mass is 318 g/mol. The van der Waals surface area contributed by atoms with E-state index in [1.54, 1.807) is 13.8 Å². The molecular formula is C18H26N2O3. The second-order valence-electron chi connectivity index (χ2n) is 7.22. The summed E-state index contributed by atoms with van der Waals surface area (Å²) in [6, 6.07) is 0.169. The molecule has 1 heterocycles. The number of methoxy groups -OCH3 is 1. The number of hydrogen-bond donors (Lipinski definition) is 2. The molecule has 1 aromatic rings. The maximum atomic E-state index is 12.6. The first-order chi connectivity index (χ1) is 10.9. The van der Waals surface area contributed by atoms with E-state index in [9.17, 15) is 9.59 Å². The number of fused-ring (bicyclic) bond motifs is 2. The number of carbonyl (C=O) groups is 2. The average molecular weight is 318 g/mol. The number of aromatic amines is 1. The van der Waals surface area contributed by atoms with Gasteiger partial charge in [-0.2, -0.15) is 0 Å². The molecule has 1 aromatic heterocycles. The number of nitrogens with one attached hydrogen (secondary N) is 2. The number of hydrogen-bond acceptors (Lipinski definition) is 3. The SMILES string of the molecule is COC(=O)c1c(C)[nH]c(C(=O)N[C@H](C)[C@H]2C[C@H]3CC[C@H]2C3)c1C. The third-order valence-corrected chi connectivity index (χ3v) is 5.85. The Labute approximate surface area is 137 Å². The van der Waals surface area contributed by atoms with Crippen LogP contribution in [-0.4, -0.2) is 30.0 Å². The lowest BCUT2D eigenvalue weighted by Crippen LogP contribution is -2.40. The molecule has 0 aromatic carbocycles. The topological polar surface area (TPSA) is 71.2 Å². The zero-order valence-electron chi connectivity index (χ0n) is 14.4. The van der Waals surface area contributed by atoms with E-state index in [4.69, 9.17) is 4.74 Å². The van der Waals surface area contributed by atoms with Crippen molar-refractivity contribution in [2.75, 3.05) is 7.11 Å². The summed E-state index contributed by atoms with van der Waals surface area (Å²) in [4.78, 5) is 27.5. The van der Waals surface area contributed by atoms with Gasteiger partial charge >= 0.3 is 5.97 Å². The molecule has 1 amide bonds. The minimum absolute atomic E-state index is 0.129. The van der Waals surface area contributed by atoms with Gasteiger partial charge in [-0.15, -0.1) is 0 Å². The molecule has 0 spiro atoms. The molecule has 2 aliphatic rings. The number of amides is 1. The standard InChI is InChI=1S/C18H26N2O3/c1-9-15(18(22)23-4)11(3)19-16(9)17(21)20-10(2)14-8-12-5-6-13(14)7-12/h10,12-14,19H,5-8H2,1-4H3,(H,20,21)/t10-,12+,13+,14-/m1/s1. The van der Waals surface area contributed by atoms with Crippen molar-refractivity contribution in [3.05, 3.63) is 22.5 Å². The molecule has 23 heavy (non-hydrogen) atoms. The second-order valence-corrected chi connectivity index (χ2v) is 7.22. The van der Waals surface area contributed by atoms with Gasteiger partial charge in [-0.05, 0) is 63.4 Å². The highest BCUT2D eigenvalue weighted by atomic mass is 16.5. The Balaban J connectivity index is 1.72. The average Bonchev–Trinajstić information content (AvgIpc) is 3.21. The van der Waals surface area contributed by atoms with Crippen molar-refractivity contribution in [1.82, 2.24) is 10.3 Å². The molecule has 0 unspecified atom stereocenters. The van der Waals surface area contributed by atoms with Gasteiger partial charge in [-0.25, -0.2) is 4.79 Å². The van der Waals surface area contributed by atoms with Gasteiger partial charge in [0.05, 0.1) is 12.7 Å². The summed E-state index contributed by atoms with van der Waals surface area (Å²) in [6.07, 6.45) is 5.24. The fourth-order valence-corrected chi connectivity index (χ4v) is 4.68. The van der Waals surface area contributed by atoms with E-state index in [0.29, 0.717) is 28.4 Å². The summed E-state index contributed by atoms with van der Waals surface area (Å²) in [6.45, 7) is 5.68. The van der Waals surface area contributed by atoms with Crippen LogP contribution in [0.2, 0.25) is 0 Å². The van der Waals surface area contributed by atoms with E-state index in [2.05, 4.69) is 17.2 Å². The van der Waals surface area contributed by atoms with Crippen LogP contribution in [0.15, 0.2) is 0 Å². The van der Waals surface area contributed by atoms with Gasteiger partial charge in [-0.1, -0.05) is 6.42 Å². The lowest BCUT2D eigenvalue weighted by atomic mass is 9.84. The first kappa shape index (κ1) is 16.1. The number of H-pyrrole nitrogens is 1. The molecule has 5 nitrogen and oxygen atoms in total. The van der Waals surface area contributed by atoms with Crippen molar-refractivity contribution in [2.45, 2.75) is 52.5 Å². The van der Waals surface area contributed by atoms with Gasteiger partial charge < -0.3 is 15.0 Å². The van der Waals surface area contributed by atoms with Gasteiger partial charge in [0.1, 0.15) is 5.69 Å². The third kappa shape index (κ3) is 2.77. The zero-order chi connectivity index (χ0) is 16.7. The van der Waals surface area contributed by atoms with E-state index >= 15 is 0 Å². The van der Waals surface area contributed by atoms with Crippen molar-refractivity contribution in [3.63, 3.8) is 0 Å². The first-order valence-corrected chi connectivity index (χ1v) is 8.50. The predicted octanol–water partition coefficient (Wildman–Crippen LogP) is 2.97. The van der Waals surface area contributed by atoms with E-state index in [0.717, 1.165) is 11.8 Å². The van der Waals surface area contributed by atoms with Crippen LogP contribution in [0.3, 0.4) is 0 Å². The molecule has 2 bridgehead atoms. The van der Waals surface area contributed by atoms with Crippen molar-refractivity contribution >= 4 is 11.9 Å². The highest BCUT2D eigenvalue weighted by molar-refractivity contribution is 6.00. The number of carbonyl (C=O) groups excluding carboxylic acids is 2. The van der Waals surface area contributed by atoms with E-state index in [1.165, 1.54) is 32.8 Å². The second kappa shape index (κ2) is 6.02. The predicted molar refractivity (Wildman–Crippen MR) is 87.5 cm³/mol. The van der Waals surface area contributed by atoms with Crippen LogP contribution in [-0.2, 0) is 4.74 Å². The van der Waals surface area contributed by atoms with Crippen LogP contribution in [0.5, 0.6) is 0 Å². The molecule has 2 saturated carbocycles. The number of esters is 1. The molecule has 5 heteroatoms. The van der Waals surface area contributed by atoms with Crippen molar-refractivity contribution in [3.8, 4) is 0 Å². The Bertz CT molecular complexity index is 634. The molecule has 3 rings (SSSR count). The van der Waals surface area contributed by atoms with E-state index in [-0.39, 0.29) is 11.9 Å². The normalized spacial score (nSPS) is 27.0. The molecule has 4 atom stereocenters. The van der Waals surface area contributed by atoms with E-state index < -0.39 is 5.97 Å². The van der Waals surface area contributed by atoms with Gasteiger partial charge in [0.2, 0.25) is 0 Å². The molecule has 0 aliphatic heterocycles. The summed E-state index contributed by atoms with van der Waals surface area (Å²) in [5.74, 6) is 1.69. The summed E-state index contributed by atoms with van der Waals surface area (Å²) < 4.78 is 4.80. The number of aromatic nitrogens is 1. The summed E-state index contributed by atoms with van der Waals surface area (Å²) in [5.41, 5.74) is 2.27. The summed E-state index contributed by atoms with van der Waals surface area (Å²) >= 11 is 0. The van der Waals surface area contributed by atoms with E-state index in [1.807, 2.05) is 0 Å². The Hall–Kier alpha value is -1.78. The Morgan fingerprint density at radius 1 is 1.26 bits per heavy atom. The highest BCUT2D eigenvalue weighted by Gasteiger charge is 2.42. The van der Waals surface area contributed by atoms with Crippen LogP contribution in [0.4, 0.5) is 0 Å². The van der Waals surface area contributed by atoms with Gasteiger partial charge in [0.25, 0.3) is 5.91 Å². The van der Waals surface area contributed by atoms with Crippen LogP contribution < -0.4 is 5.32 Å². The van der Waals surface area contributed by atoms with Crippen LogP contribution in [0.1, 0.15) is 64.7 Å². The maximum absolute atomic E-state index is 12.6. The highest BCUT2D eigenvalue weighted by Crippen LogP contribution is 2.49. The molecule has 2 aliphatic carbocycles. The minimum atomic E-state index is -0.406. The fraction of sp³-hybridized carbons (Fsp3) is 0.667. The molecule has 2 N–H and O–H groups in total. The quantitative estimate of drug-likeness (QED) is 0.838. The van der Waals surface area contributed by atoms with Crippen LogP contribution >= 0.6 is 0 Å². The number of aryl methyl sites for hydroxylation is 1. The minimum Gasteiger partial charge on any atom is -0.465 e. The maximum Gasteiger partial charge on any atom is 0.339 e. The van der Waals surface area contributed by atoms with Gasteiger partial charge in [-0.3, -0.25) is 4.79 Å². The molecule has 2 fully saturated rings. The fourth-order valence-electron chi connectivity index (χ4n) is 4.68. The molecule has 0 saturated heterocycles. The molecule has 126 valence electrons. The largest absolute Gasteiger partial charge is 0.465 e. The zero-order valence-corrected chi connectivity index (χ0v) is 14.4. The molecule has 0 radical (unpaired) electrons. The summed E-state index contributed by atoms with van der Waals surface area (Å²) in [5, 5.41) is 3.14. The van der Waals surface area contributed by atoms with Crippen LogP contribution in [0, 0.1) is 31.6 Å². The Morgan fingerprint density at radius 3 is 2.57 bits per heavy atom. The van der Waals surface area contributed by atoms with Gasteiger partial charge in [0, 0.05) is 11.7 Å². The Kier molecular flexibility index (Phi) is 4.21. The van der Waals surface area contributed by atoms with Crippen molar-refractivity contribution in [1.29, 1.82) is 0 Å².